The van der Waals surface area contributed by atoms with Crippen LogP contribution in [0.3, 0.4) is 0 Å². The molecule has 2 bridgehead atoms. The summed E-state index contributed by atoms with van der Waals surface area (Å²) in [6.07, 6.45) is 0.856. The van der Waals surface area contributed by atoms with E-state index in [0.717, 1.165) is 12.8 Å². The second-order valence-electron chi connectivity index (χ2n) is 9.42. The van der Waals surface area contributed by atoms with Crippen molar-refractivity contribution in [3.05, 3.63) is 0 Å². The lowest BCUT2D eigenvalue weighted by Crippen LogP contribution is -2.50. The maximum Gasteiger partial charge on any atom is 0.344 e. The van der Waals surface area contributed by atoms with Crippen LogP contribution < -0.4 is 10.6 Å². The lowest BCUT2D eigenvalue weighted by atomic mass is 9.74. The first-order chi connectivity index (χ1) is 12.6. The van der Waals surface area contributed by atoms with E-state index in [1.165, 1.54) is 0 Å². The lowest BCUT2D eigenvalue weighted by molar-refractivity contribution is -0.175. The highest BCUT2D eigenvalue weighted by Gasteiger charge is 2.89. The third kappa shape index (κ3) is 2.03. The van der Waals surface area contributed by atoms with E-state index in [2.05, 4.69) is 10.6 Å². The third-order valence-corrected chi connectivity index (χ3v) is 7.86. The molecule has 0 radical (unpaired) electrons. The quantitative estimate of drug-likeness (QED) is 0.384. The Morgan fingerprint density at radius 1 is 1.33 bits per heavy atom. The van der Waals surface area contributed by atoms with E-state index in [9.17, 15) is 14.4 Å². The Labute approximate surface area is 157 Å². The van der Waals surface area contributed by atoms with E-state index < -0.39 is 35.7 Å². The van der Waals surface area contributed by atoms with Crippen LogP contribution in [0.15, 0.2) is 0 Å². The zero-order valence-corrected chi connectivity index (χ0v) is 16.0. The summed E-state index contributed by atoms with van der Waals surface area (Å²) in [4.78, 5) is 36.9. The Bertz CT molecular complexity index is 744. The topological polar surface area (TPSA) is 123 Å². The van der Waals surface area contributed by atoms with E-state index >= 15 is 0 Å². The van der Waals surface area contributed by atoms with Crippen molar-refractivity contribution in [2.24, 2.45) is 29.1 Å². The first-order valence-electron chi connectivity index (χ1n) is 9.79. The molecule has 3 aliphatic heterocycles. The van der Waals surface area contributed by atoms with Gasteiger partial charge < -0.3 is 14.2 Å². The number of ether oxygens (including phenoxy) is 3. The van der Waals surface area contributed by atoms with Gasteiger partial charge in [-0.25, -0.2) is 4.79 Å². The van der Waals surface area contributed by atoms with Gasteiger partial charge in [-0.2, -0.15) is 0 Å². The van der Waals surface area contributed by atoms with E-state index in [1.807, 2.05) is 27.7 Å². The summed E-state index contributed by atoms with van der Waals surface area (Å²) in [5.74, 6) is -0.832. The van der Waals surface area contributed by atoms with Gasteiger partial charge in [-0.3, -0.25) is 20.2 Å². The van der Waals surface area contributed by atoms with Crippen LogP contribution >= 0.6 is 0 Å². The molecule has 0 spiro atoms. The van der Waals surface area contributed by atoms with Crippen LogP contribution in [0.4, 0.5) is 0 Å². The largest absolute Gasteiger partial charge is 0.458 e. The van der Waals surface area contributed by atoms with Gasteiger partial charge in [0, 0.05) is 11.8 Å². The van der Waals surface area contributed by atoms with Gasteiger partial charge in [0.25, 0.3) is 0 Å². The summed E-state index contributed by atoms with van der Waals surface area (Å²) in [6, 6.07) is 0. The number of rotatable bonds is 6. The molecule has 0 aromatic carbocycles. The first-order valence-corrected chi connectivity index (χ1v) is 9.79. The van der Waals surface area contributed by atoms with E-state index in [1.54, 1.807) is 0 Å². The van der Waals surface area contributed by atoms with Crippen molar-refractivity contribution in [3.8, 4) is 0 Å². The van der Waals surface area contributed by atoms with Gasteiger partial charge in [-0.15, -0.1) is 0 Å². The van der Waals surface area contributed by atoms with Crippen LogP contribution in [0.1, 0.15) is 40.5 Å². The smallest absolute Gasteiger partial charge is 0.344 e. The molecule has 6 atom stereocenters. The van der Waals surface area contributed by atoms with Gasteiger partial charge in [0.15, 0.2) is 6.61 Å². The zero-order chi connectivity index (χ0) is 19.4. The molecule has 3 saturated heterocycles. The van der Waals surface area contributed by atoms with E-state index in [-0.39, 0.29) is 41.4 Å². The maximum absolute atomic E-state index is 12.8. The van der Waals surface area contributed by atoms with Crippen LogP contribution in [0.25, 0.3) is 0 Å². The van der Waals surface area contributed by atoms with Crippen LogP contribution in [0.2, 0.25) is 0 Å². The SMILES string of the molecule is CC(C)C(C)(C(=O)OCC(=O)OC1C2CC3C(=O)OC1C3C2)C12NC1(C)N2. The highest BCUT2D eigenvalue weighted by molar-refractivity contribution is 5.84. The molecule has 0 aromatic rings. The lowest BCUT2D eigenvalue weighted by Gasteiger charge is -2.33. The number of fused-ring (bicyclic) bond motifs is 2. The van der Waals surface area contributed by atoms with Gasteiger partial charge >= 0.3 is 17.9 Å². The van der Waals surface area contributed by atoms with Crippen molar-refractivity contribution in [2.45, 2.75) is 64.1 Å². The summed E-state index contributed by atoms with van der Waals surface area (Å²) in [5, 5.41) is 6.59. The highest BCUT2D eigenvalue weighted by atomic mass is 16.6. The van der Waals surface area contributed by atoms with E-state index in [0.29, 0.717) is 0 Å². The van der Waals surface area contributed by atoms with Crippen molar-refractivity contribution in [2.75, 3.05) is 6.61 Å². The summed E-state index contributed by atoms with van der Waals surface area (Å²) < 4.78 is 16.3. The van der Waals surface area contributed by atoms with Gasteiger partial charge in [-0.05, 0) is 32.6 Å². The molecule has 8 heteroatoms. The Morgan fingerprint density at radius 3 is 2.59 bits per heavy atom. The number of hydrogen-bond donors (Lipinski definition) is 2. The second kappa shape index (κ2) is 5.03. The molecular formula is C19H26N2O6. The fourth-order valence-corrected chi connectivity index (χ4v) is 5.81. The molecule has 6 unspecified atom stereocenters. The zero-order valence-electron chi connectivity index (χ0n) is 16.0. The molecule has 5 fully saturated rings. The summed E-state index contributed by atoms with van der Waals surface area (Å²) in [6.45, 7) is 7.37. The monoisotopic (exact) mass is 378 g/mol. The van der Waals surface area contributed by atoms with E-state index in [4.69, 9.17) is 14.2 Å². The van der Waals surface area contributed by atoms with Crippen LogP contribution in [0.5, 0.6) is 0 Å². The molecule has 8 nitrogen and oxygen atoms in total. The van der Waals surface area contributed by atoms with Gasteiger partial charge in [0.2, 0.25) is 0 Å². The van der Waals surface area contributed by atoms with Gasteiger partial charge in [0.1, 0.15) is 28.9 Å². The van der Waals surface area contributed by atoms with Crippen molar-refractivity contribution in [1.82, 2.24) is 10.6 Å². The minimum absolute atomic E-state index is 0.0192. The molecule has 2 aliphatic carbocycles. The molecule has 0 amide bonds. The van der Waals surface area contributed by atoms with Gasteiger partial charge in [-0.1, -0.05) is 13.8 Å². The summed E-state index contributed by atoms with van der Waals surface area (Å²) >= 11 is 0. The Hall–Kier alpha value is -1.67. The van der Waals surface area contributed by atoms with Crippen molar-refractivity contribution in [1.29, 1.82) is 0 Å². The number of carbonyl (C=O) groups is 3. The number of esters is 3. The standard InChI is InChI=1S/C19H26N2O6/c1-8(2)17(3,19-18(4,20-19)21-19)16(24)25-7-12(22)26-13-9-5-10-11(6-9)15(23)27-14(10)13/h8-11,13-14,20-21H,5-7H2,1-4H3. The Kier molecular flexibility index (Phi) is 3.24. The molecule has 0 aromatic heterocycles. The fourth-order valence-electron chi connectivity index (χ4n) is 5.81. The minimum atomic E-state index is -0.789. The highest BCUT2D eigenvalue weighted by Crippen LogP contribution is 2.63. The number of hydrogen-bond acceptors (Lipinski definition) is 8. The third-order valence-electron chi connectivity index (χ3n) is 7.86. The molecule has 3 heterocycles. The van der Waals surface area contributed by atoms with Crippen molar-refractivity contribution in [3.63, 3.8) is 0 Å². The average Bonchev–Trinajstić information content (AvgIpc) is 3.13. The summed E-state index contributed by atoms with van der Waals surface area (Å²) in [5.41, 5.74) is -1.47. The van der Waals surface area contributed by atoms with Gasteiger partial charge in [0.05, 0.1) is 5.92 Å². The van der Waals surface area contributed by atoms with Crippen LogP contribution in [0, 0.1) is 29.1 Å². The van der Waals surface area contributed by atoms with Crippen molar-refractivity contribution >= 4 is 17.9 Å². The molecule has 5 rings (SSSR count). The second-order valence-corrected chi connectivity index (χ2v) is 9.42. The first kappa shape index (κ1) is 17.4. The Balaban J connectivity index is 1.19. The fraction of sp³-hybridized carbons (Fsp3) is 0.842. The van der Waals surface area contributed by atoms with Crippen LogP contribution in [-0.2, 0) is 28.6 Å². The molecule has 27 heavy (non-hydrogen) atoms. The summed E-state index contributed by atoms with van der Waals surface area (Å²) in [7, 11) is 0. The maximum atomic E-state index is 12.8. The predicted octanol–water partition coefficient (Wildman–Crippen LogP) is 0.304. The van der Waals surface area contributed by atoms with Crippen LogP contribution in [-0.4, -0.2) is 48.0 Å². The molecule has 2 saturated carbocycles. The molecular weight excluding hydrogens is 352 g/mol. The number of carbonyl (C=O) groups excluding carboxylic acids is 3. The predicted molar refractivity (Wildman–Crippen MR) is 90.8 cm³/mol. The molecule has 148 valence electrons. The van der Waals surface area contributed by atoms with Crippen molar-refractivity contribution < 1.29 is 28.6 Å². The average molecular weight is 378 g/mol. The molecule has 2 N–H and O–H groups in total. The normalized spacial score (nSPS) is 47.3. The minimum Gasteiger partial charge on any atom is -0.458 e. The Morgan fingerprint density at radius 2 is 2.00 bits per heavy atom. The molecule has 5 aliphatic rings. The number of nitrogens with one attached hydrogen (secondary N) is 2.